The molecular formula is C17H30O. The highest BCUT2D eigenvalue weighted by atomic mass is 16.3. The van der Waals surface area contributed by atoms with Gasteiger partial charge in [0.25, 0.3) is 0 Å². The molecule has 104 valence electrons. The standard InChI is InChI=1S/C17H30O/c1-14(18)15(2,3)10-7-8-12-17(6)13-9-11-16(17,4)5/h7-8,10,12,14,18H,9,11,13H2,1-6H3. The number of aliphatic hydroxyl groups excluding tert-OH is 1. The van der Waals surface area contributed by atoms with Crippen LogP contribution in [-0.4, -0.2) is 11.2 Å². The summed E-state index contributed by atoms with van der Waals surface area (Å²) >= 11 is 0. The summed E-state index contributed by atoms with van der Waals surface area (Å²) in [6.45, 7) is 13.1. The van der Waals surface area contributed by atoms with E-state index in [1.807, 2.05) is 6.92 Å². The van der Waals surface area contributed by atoms with Gasteiger partial charge in [-0.15, -0.1) is 0 Å². The highest BCUT2D eigenvalue weighted by molar-refractivity contribution is 5.15. The molecule has 1 fully saturated rings. The second-order valence-corrected chi connectivity index (χ2v) is 7.37. The third-order valence-electron chi connectivity index (χ3n) is 5.22. The molecule has 0 spiro atoms. The van der Waals surface area contributed by atoms with Crippen molar-refractivity contribution in [1.82, 2.24) is 0 Å². The van der Waals surface area contributed by atoms with Crippen molar-refractivity contribution < 1.29 is 5.11 Å². The summed E-state index contributed by atoms with van der Waals surface area (Å²) in [4.78, 5) is 0. The van der Waals surface area contributed by atoms with Gasteiger partial charge in [-0.1, -0.05) is 65.3 Å². The maximum Gasteiger partial charge on any atom is 0.0597 e. The molecule has 0 aliphatic heterocycles. The van der Waals surface area contributed by atoms with Gasteiger partial charge in [-0.05, 0) is 30.6 Å². The lowest BCUT2D eigenvalue weighted by molar-refractivity contribution is 0.0996. The molecule has 0 bridgehead atoms. The Morgan fingerprint density at radius 3 is 2.17 bits per heavy atom. The third kappa shape index (κ3) is 3.26. The zero-order valence-electron chi connectivity index (χ0n) is 13.0. The van der Waals surface area contributed by atoms with E-state index in [4.69, 9.17) is 0 Å². The summed E-state index contributed by atoms with van der Waals surface area (Å²) in [7, 11) is 0. The Hall–Kier alpha value is -0.560. The first-order chi connectivity index (χ1) is 8.11. The average Bonchev–Trinajstić information content (AvgIpc) is 2.49. The van der Waals surface area contributed by atoms with Crippen LogP contribution < -0.4 is 0 Å². The fourth-order valence-corrected chi connectivity index (χ4v) is 2.54. The van der Waals surface area contributed by atoms with Crippen molar-refractivity contribution >= 4 is 0 Å². The fourth-order valence-electron chi connectivity index (χ4n) is 2.54. The minimum absolute atomic E-state index is 0.156. The van der Waals surface area contributed by atoms with Gasteiger partial charge in [0.15, 0.2) is 0 Å². The van der Waals surface area contributed by atoms with Crippen molar-refractivity contribution in [2.45, 2.75) is 66.9 Å². The van der Waals surface area contributed by atoms with Crippen molar-refractivity contribution in [3.63, 3.8) is 0 Å². The summed E-state index contributed by atoms with van der Waals surface area (Å²) in [5.74, 6) is 0. The van der Waals surface area contributed by atoms with Crippen LogP contribution in [0.25, 0.3) is 0 Å². The maximum atomic E-state index is 9.65. The van der Waals surface area contributed by atoms with Crippen LogP contribution in [0.4, 0.5) is 0 Å². The van der Waals surface area contributed by atoms with Gasteiger partial charge in [0.1, 0.15) is 0 Å². The van der Waals surface area contributed by atoms with E-state index in [0.717, 1.165) is 0 Å². The SMILES string of the molecule is CC(O)C(C)(C)C=CC=CC1(C)CCCC1(C)C. The highest BCUT2D eigenvalue weighted by Gasteiger charge is 2.42. The quantitative estimate of drug-likeness (QED) is 0.716. The Labute approximate surface area is 113 Å². The Morgan fingerprint density at radius 2 is 1.72 bits per heavy atom. The molecule has 0 heterocycles. The van der Waals surface area contributed by atoms with E-state index in [-0.39, 0.29) is 11.5 Å². The molecule has 2 atom stereocenters. The lowest BCUT2D eigenvalue weighted by Gasteiger charge is -2.35. The summed E-state index contributed by atoms with van der Waals surface area (Å²) in [6, 6.07) is 0. The predicted octanol–water partition coefficient (Wildman–Crippen LogP) is 4.72. The zero-order valence-corrected chi connectivity index (χ0v) is 13.0. The largest absolute Gasteiger partial charge is 0.393 e. The zero-order chi connectivity index (χ0) is 14.0. The number of hydrogen-bond donors (Lipinski definition) is 1. The van der Waals surface area contributed by atoms with Crippen molar-refractivity contribution in [3.8, 4) is 0 Å². The lowest BCUT2D eigenvalue weighted by atomic mass is 9.69. The molecule has 1 rings (SSSR count). The highest BCUT2D eigenvalue weighted by Crippen LogP contribution is 2.53. The molecule has 1 saturated carbocycles. The monoisotopic (exact) mass is 250 g/mol. The van der Waals surface area contributed by atoms with Crippen LogP contribution in [0, 0.1) is 16.2 Å². The first-order valence-electron chi connectivity index (χ1n) is 7.16. The number of hydrogen-bond acceptors (Lipinski definition) is 1. The smallest absolute Gasteiger partial charge is 0.0597 e. The number of aliphatic hydroxyl groups is 1. The maximum absolute atomic E-state index is 9.65. The van der Waals surface area contributed by atoms with Crippen LogP contribution in [0.1, 0.15) is 60.8 Å². The minimum Gasteiger partial charge on any atom is -0.393 e. The lowest BCUT2D eigenvalue weighted by Crippen LogP contribution is -2.27. The normalized spacial score (nSPS) is 30.4. The van der Waals surface area contributed by atoms with Crippen LogP contribution in [-0.2, 0) is 0 Å². The van der Waals surface area contributed by atoms with Crippen LogP contribution >= 0.6 is 0 Å². The van der Waals surface area contributed by atoms with Gasteiger partial charge in [-0.2, -0.15) is 0 Å². The van der Waals surface area contributed by atoms with Crippen LogP contribution in [0.5, 0.6) is 0 Å². The van der Waals surface area contributed by atoms with E-state index in [0.29, 0.717) is 10.8 Å². The van der Waals surface area contributed by atoms with Gasteiger partial charge < -0.3 is 5.11 Å². The molecule has 0 amide bonds. The van der Waals surface area contributed by atoms with E-state index < -0.39 is 0 Å². The predicted molar refractivity (Wildman–Crippen MR) is 79.5 cm³/mol. The first kappa shape index (κ1) is 15.5. The Bertz CT molecular complexity index is 334. The Kier molecular flexibility index (Phi) is 4.48. The van der Waals surface area contributed by atoms with Gasteiger partial charge in [-0.25, -0.2) is 0 Å². The first-order valence-corrected chi connectivity index (χ1v) is 7.16. The van der Waals surface area contributed by atoms with E-state index >= 15 is 0 Å². The fraction of sp³-hybridized carbons (Fsp3) is 0.765. The molecular weight excluding hydrogens is 220 g/mol. The molecule has 1 heteroatoms. The molecule has 1 N–H and O–H groups in total. The second-order valence-electron chi connectivity index (χ2n) is 7.37. The molecule has 18 heavy (non-hydrogen) atoms. The van der Waals surface area contributed by atoms with Crippen molar-refractivity contribution in [1.29, 1.82) is 0 Å². The third-order valence-corrected chi connectivity index (χ3v) is 5.22. The molecule has 0 saturated heterocycles. The van der Waals surface area contributed by atoms with Crippen LogP contribution in [0.3, 0.4) is 0 Å². The van der Waals surface area contributed by atoms with Crippen LogP contribution in [0.15, 0.2) is 24.3 Å². The van der Waals surface area contributed by atoms with Crippen molar-refractivity contribution in [2.75, 3.05) is 0 Å². The Morgan fingerprint density at radius 1 is 1.11 bits per heavy atom. The number of allylic oxidation sites excluding steroid dienone is 3. The van der Waals surface area contributed by atoms with Gasteiger partial charge in [0.2, 0.25) is 0 Å². The van der Waals surface area contributed by atoms with Gasteiger partial charge in [0.05, 0.1) is 6.10 Å². The van der Waals surface area contributed by atoms with Gasteiger partial charge >= 0.3 is 0 Å². The van der Waals surface area contributed by atoms with E-state index in [2.05, 4.69) is 58.9 Å². The summed E-state index contributed by atoms with van der Waals surface area (Å²) < 4.78 is 0. The average molecular weight is 250 g/mol. The molecule has 0 aromatic carbocycles. The van der Waals surface area contributed by atoms with E-state index in [9.17, 15) is 5.11 Å². The minimum atomic E-state index is -0.319. The van der Waals surface area contributed by atoms with Crippen molar-refractivity contribution in [3.05, 3.63) is 24.3 Å². The Balaban J connectivity index is 2.69. The molecule has 1 aliphatic rings. The van der Waals surface area contributed by atoms with Gasteiger partial charge in [-0.3, -0.25) is 0 Å². The molecule has 0 radical (unpaired) electrons. The molecule has 2 unspecified atom stereocenters. The van der Waals surface area contributed by atoms with E-state index in [1.165, 1.54) is 19.3 Å². The van der Waals surface area contributed by atoms with Crippen molar-refractivity contribution in [2.24, 2.45) is 16.2 Å². The molecule has 1 aliphatic carbocycles. The van der Waals surface area contributed by atoms with Gasteiger partial charge in [0, 0.05) is 5.41 Å². The van der Waals surface area contributed by atoms with Crippen LogP contribution in [0.2, 0.25) is 0 Å². The molecule has 0 aromatic heterocycles. The van der Waals surface area contributed by atoms with E-state index in [1.54, 1.807) is 0 Å². The summed E-state index contributed by atoms with van der Waals surface area (Å²) in [6.07, 6.45) is 12.3. The molecule has 1 nitrogen and oxygen atoms in total. The summed E-state index contributed by atoms with van der Waals surface area (Å²) in [5, 5.41) is 9.65. The topological polar surface area (TPSA) is 20.2 Å². The second kappa shape index (κ2) is 5.21. The summed E-state index contributed by atoms with van der Waals surface area (Å²) in [5.41, 5.74) is 0.555. The molecule has 0 aromatic rings. The number of rotatable bonds is 4.